The normalized spacial score (nSPS) is 13.3. The van der Waals surface area contributed by atoms with Crippen LogP contribution in [-0.2, 0) is 4.79 Å². The fourth-order valence-electron chi connectivity index (χ4n) is 1.86. The number of benzene rings is 1. The third-order valence-corrected chi connectivity index (χ3v) is 3.69. The number of nitrogens with one attached hydrogen (secondary N) is 2. The molecule has 0 saturated carbocycles. The number of urea groups is 1. The Morgan fingerprint density at radius 3 is 2.50 bits per heavy atom. The number of halogens is 2. The van der Waals surface area contributed by atoms with Crippen molar-refractivity contribution in [3.63, 3.8) is 0 Å². The van der Waals surface area contributed by atoms with E-state index in [1.54, 1.807) is 6.92 Å². The van der Waals surface area contributed by atoms with Gasteiger partial charge in [0.15, 0.2) is 11.6 Å². The van der Waals surface area contributed by atoms with E-state index in [1.165, 1.54) is 17.8 Å². The molecule has 5 nitrogen and oxygen atoms in total. The van der Waals surface area contributed by atoms with Gasteiger partial charge in [0.1, 0.15) is 6.04 Å². The fourth-order valence-corrected chi connectivity index (χ4v) is 2.33. The van der Waals surface area contributed by atoms with E-state index in [4.69, 9.17) is 5.73 Å². The van der Waals surface area contributed by atoms with E-state index in [-0.39, 0.29) is 0 Å². The molecule has 0 fully saturated rings. The first-order valence-electron chi connectivity index (χ1n) is 6.65. The lowest BCUT2D eigenvalue weighted by Crippen LogP contribution is -2.49. The number of rotatable bonds is 7. The summed E-state index contributed by atoms with van der Waals surface area (Å²) in [5.74, 6) is -1.69. The summed E-state index contributed by atoms with van der Waals surface area (Å²) in [6.07, 6.45) is 2.30. The van der Waals surface area contributed by atoms with Crippen molar-refractivity contribution in [1.29, 1.82) is 0 Å². The molecular formula is C14H19F2N3O2S. The Morgan fingerprint density at radius 2 is 1.95 bits per heavy atom. The van der Waals surface area contributed by atoms with Crippen LogP contribution in [0.4, 0.5) is 13.6 Å². The van der Waals surface area contributed by atoms with Gasteiger partial charge in [0.05, 0.1) is 6.04 Å². The number of thioether (sulfide) groups is 1. The van der Waals surface area contributed by atoms with Gasteiger partial charge in [0.2, 0.25) is 5.91 Å². The quantitative estimate of drug-likeness (QED) is 0.714. The highest BCUT2D eigenvalue weighted by molar-refractivity contribution is 7.98. The monoisotopic (exact) mass is 331 g/mol. The predicted molar refractivity (Wildman–Crippen MR) is 82.4 cm³/mol. The van der Waals surface area contributed by atoms with Crippen molar-refractivity contribution < 1.29 is 18.4 Å². The molecule has 0 unspecified atom stereocenters. The molecule has 1 aromatic rings. The second-order valence-corrected chi connectivity index (χ2v) is 5.73. The van der Waals surface area contributed by atoms with Crippen molar-refractivity contribution in [2.45, 2.75) is 25.4 Å². The number of amides is 3. The van der Waals surface area contributed by atoms with E-state index >= 15 is 0 Å². The summed E-state index contributed by atoms with van der Waals surface area (Å²) in [6.45, 7) is 1.64. The topological polar surface area (TPSA) is 84.2 Å². The zero-order valence-corrected chi connectivity index (χ0v) is 13.2. The zero-order chi connectivity index (χ0) is 16.7. The maximum atomic E-state index is 13.2. The van der Waals surface area contributed by atoms with Crippen LogP contribution in [0.15, 0.2) is 18.2 Å². The van der Waals surface area contributed by atoms with Gasteiger partial charge in [-0.3, -0.25) is 4.79 Å². The molecule has 0 aliphatic heterocycles. The molecule has 1 rings (SSSR count). The minimum Gasteiger partial charge on any atom is -0.352 e. The van der Waals surface area contributed by atoms with Crippen LogP contribution in [0.2, 0.25) is 0 Å². The second-order valence-electron chi connectivity index (χ2n) is 4.75. The summed E-state index contributed by atoms with van der Waals surface area (Å²) in [4.78, 5) is 23.1. The standard InChI is InChI=1S/C14H19F2N3O2S/c1-8(9-3-4-10(15)11(16)7-9)18-13(20)12(5-6-22-2)19-14(17)21/h3-4,7-8,12H,5-6H2,1-2H3,(H,18,20)(H3,17,19,21)/t8-,12-/m0/s1. The summed E-state index contributed by atoms with van der Waals surface area (Å²) >= 11 is 1.53. The largest absolute Gasteiger partial charge is 0.352 e. The maximum Gasteiger partial charge on any atom is 0.312 e. The predicted octanol–water partition coefficient (Wildman–Crippen LogP) is 1.93. The molecule has 0 aliphatic rings. The molecule has 4 N–H and O–H groups in total. The third-order valence-electron chi connectivity index (χ3n) is 3.05. The molecular weight excluding hydrogens is 312 g/mol. The van der Waals surface area contributed by atoms with E-state index in [0.717, 1.165) is 12.1 Å². The molecule has 0 bridgehead atoms. The van der Waals surface area contributed by atoms with Crippen LogP contribution in [-0.4, -0.2) is 30.0 Å². The van der Waals surface area contributed by atoms with Crippen LogP contribution >= 0.6 is 11.8 Å². The molecule has 0 heterocycles. The Morgan fingerprint density at radius 1 is 1.27 bits per heavy atom. The number of hydrogen-bond acceptors (Lipinski definition) is 3. The summed E-state index contributed by atoms with van der Waals surface area (Å²) in [7, 11) is 0. The van der Waals surface area contributed by atoms with Crippen molar-refractivity contribution in [3.8, 4) is 0 Å². The van der Waals surface area contributed by atoms with Crippen molar-refractivity contribution in [2.24, 2.45) is 5.73 Å². The number of hydrogen-bond donors (Lipinski definition) is 3. The van der Waals surface area contributed by atoms with Crippen LogP contribution in [0.1, 0.15) is 24.9 Å². The lowest BCUT2D eigenvalue weighted by molar-refractivity contribution is -0.123. The average molecular weight is 331 g/mol. The van der Waals surface area contributed by atoms with Gasteiger partial charge in [-0.2, -0.15) is 11.8 Å². The van der Waals surface area contributed by atoms with Gasteiger partial charge in [0, 0.05) is 0 Å². The lowest BCUT2D eigenvalue weighted by Gasteiger charge is -2.20. The van der Waals surface area contributed by atoms with Crippen molar-refractivity contribution >= 4 is 23.7 Å². The minimum atomic E-state index is -0.979. The highest BCUT2D eigenvalue weighted by Gasteiger charge is 2.21. The van der Waals surface area contributed by atoms with Gasteiger partial charge in [-0.05, 0) is 43.0 Å². The van der Waals surface area contributed by atoms with Gasteiger partial charge >= 0.3 is 6.03 Å². The number of carbonyl (C=O) groups excluding carboxylic acids is 2. The third kappa shape index (κ3) is 5.51. The van der Waals surface area contributed by atoms with Crippen molar-refractivity contribution in [3.05, 3.63) is 35.4 Å². The Labute approximate surface area is 132 Å². The number of nitrogens with two attached hydrogens (primary N) is 1. The molecule has 0 radical (unpaired) electrons. The van der Waals surface area contributed by atoms with Crippen LogP contribution < -0.4 is 16.4 Å². The molecule has 8 heteroatoms. The Bertz CT molecular complexity index is 543. The average Bonchev–Trinajstić information content (AvgIpc) is 2.45. The highest BCUT2D eigenvalue weighted by atomic mass is 32.2. The van der Waals surface area contributed by atoms with Gasteiger partial charge in [-0.15, -0.1) is 0 Å². The molecule has 0 saturated heterocycles. The molecule has 22 heavy (non-hydrogen) atoms. The molecule has 3 amide bonds. The first kappa shape index (κ1) is 18.2. The number of primary amides is 1. The molecule has 0 aliphatic carbocycles. The van der Waals surface area contributed by atoms with Gasteiger partial charge < -0.3 is 16.4 Å². The van der Waals surface area contributed by atoms with E-state index < -0.39 is 35.7 Å². The second kappa shape index (κ2) is 8.57. The SMILES string of the molecule is CSCC[C@H](NC(N)=O)C(=O)N[C@@H](C)c1ccc(F)c(F)c1. The first-order valence-corrected chi connectivity index (χ1v) is 8.04. The molecule has 1 aromatic carbocycles. The number of carbonyl (C=O) groups is 2. The smallest absolute Gasteiger partial charge is 0.312 e. The van der Waals surface area contributed by atoms with Crippen molar-refractivity contribution in [2.75, 3.05) is 12.0 Å². The molecule has 0 aromatic heterocycles. The molecule has 122 valence electrons. The van der Waals surface area contributed by atoms with Crippen molar-refractivity contribution in [1.82, 2.24) is 10.6 Å². The van der Waals surface area contributed by atoms with E-state index in [2.05, 4.69) is 10.6 Å². The first-order chi connectivity index (χ1) is 10.3. The minimum absolute atomic E-state index is 0.417. The van der Waals surface area contributed by atoms with Gasteiger partial charge in [0.25, 0.3) is 0 Å². The Balaban J connectivity index is 2.73. The molecule has 0 spiro atoms. The maximum absolute atomic E-state index is 13.2. The Hall–Kier alpha value is -1.83. The van der Waals surface area contributed by atoms with Crippen LogP contribution in [0.25, 0.3) is 0 Å². The van der Waals surface area contributed by atoms with E-state index in [0.29, 0.717) is 17.7 Å². The van der Waals surface area contributed by atoms with Crippen LogP contribution in [0.5, 0.6) is 0 Å². The zero-order valence-electron chi connectivity index (χ0n) is 12.4. The van der Waals surface area contributed by atoms with Crippen LogP contribution in [0, 0.1) is 11.6 Å². The summed E-state index contributed by atoms with van der Waals surface area (Å²) in [5, 5.41) is 5.02. The highest BCUT2D eigenvalue weighted by Crippen LogP contribution is 2.16. The fraction of sp³-hybridized carbons (Fsp3) is 0.429. The van der Waals surface area contributed by atoms with Gasteiger partial charge in [-0.1, -0.05) is 6.07 Å². The Kier molecular flexibility index (Phi) is 7.10. The van der Waals surface area contributed by atoms with Gasteiger partial charge in [-0.25, -0.2) is 13.6 Å². The summed E-state index contributed by atoms with van der Waals surface area (Å²) < 4.78 is 26.1. The van der Waals surface area contributed by atoms with E-state index in [9.17, 15) is 18.4 Å². The summed E-state index contributed by atoms with van der Waals surface area (Å²) in [5.41, 5.74) is 5.48. The lowest BCUT2D eigenvalue weighted by atomic mass is 10.1. The van der Waals surface area contributed by atoms with Crippen LogP contribution in [0.3, 0.4) is 0 Å². The molecule has 2 atom stereocenters. The van der Waals surface area contributed by atoms with E-state index in [1.807, 2.05) is 6.26 Å². The summed E-state index contributed by atoms with van der Waals surface area (Å²) in [6, 6.07) is 1.33.